The normalized spacial score (nSPS) is 22.8. The van der Waals surface area contributed by atoms with Crippen LogP contribution in [0.15, 0.2) is 35.6 Å². The summed E-state index contributed by atoms with van der Waals surface area (Å²) >= 11 is 0. The van der Waals surface area contributed by atoms with Gasteiger partial charge in [0, 0.05) is 12.0 Å². The van der Waals surface area contributed by atoms with E-state index in [2.05, 4.69) is 6.58 Å². The molecule has 0 amide bonds. The smallest absolute Gasteiger partial charge is 0.163 e. The number of allylic oxidation sites excluding steroid dienone is 4. The second-order valence-electron chi connectivity index (χ2n) is 2.97. The van der Waals surface area contributed by atoms with Crippen LogP contribution in [0.4, 0.5) is 0 Å². The Morgan fingerprint density at radius 2 is 2.23 bits per heavy atom. The molecule has 0 spiro atoms. The van der Waals surface area contributed by atoms with Gasteiger partial charge in [0.05, 0.1) is 7.11 Å². The highest BCUT2D eigenvalue weighted by atomic mass is 16.5. The minimum atomic E-state index is 0.220. The van der Waals surface area contributed by atoms with Gasteiger partial charge in [0.25, 0.3) is 0 Å². The number of methoxy groups -OCH3 is 1. The maximum absolute atomic E-state index is 11.3. The van der Waals surface area contributed by atoms with Crippen LogP contribution < -0.4 is 0 Å². The fraction of sp³-hybridized carbons (Fsp3) is 0.364. The Bertz CT molecular complexity index is 295. The summed E-state index contributed by atoms with van der Waals surface area (Å²) in [7, 11) is 1.57. The first kappa shape index (κ1) is 9.78. The van der Waals surface area contributed by atoms with E-state index in [0.29, 0.717) is 12.2 Å². The largest absolute Gasteiger partial charge is 0.497 e. The molecule has 0 aromatic heterocycles. The Morgan fingerprint density at radius 3 is 2.77 bits per heavy atom. The minimum absolute atomic E-state index is 0.220. The molecule has 2 nitrogen and oxygen atoms in total. The summed E-state index contributed by atoms with van der Waals surface area (Å²) in [6.07, 6.45) is 5.10. The van der Waals surface area contributed by atoms with Gasteiger partial charge in [0.15, 0.2) is 5.78 Å². The molecule has 0 heterocycles. The van der Waals surface area contributed by atoms with Crippen molar-refractivity contribution < 1.29 is 9.53 Å². The van der Waals surface area contributed by atoms with E-state index in [1.54, 1.807) is 7.11 Å². The first-order valence-electron chi connectivity index (χ1n) is 4.32. The standard InChI is InChI=1S/C11H14O2/c1-4-10-9(5-6-11(10)12)7-8(2)13-3/h4,7H,2,5-6H2,1,3H3/b9-7-,10-4+. The second-order valence-corrected chi connectivity index (χ2v) is 2.97. The zero-order chi connectivity index (χ0) is 9.84. The fourth-order valence-corrected chi connectivity index (χ4v) is 1.45. The van der Waals surface area contributed by atoms with Crippen molar-refractivity contribution in [1.29, 1.82) is 0 Å². The molecule has 0 aliphatic heterocycles. The van der Waals surface area contributed by atoms with E-state index in [-0.39, 0.29) is 5.78 Å². The van der Waals surface area contributed by atoms with Gasteiger partial charge in [-0.05, 0) is 25.0 Å². The van der Waals surface area contributed by atoms with Crippen molar-refractivity contribution in [3.8, 4) is 0 Å². The van der Waals surface area contributed by atoms with Crippen LogP contribution >= 0.6 is 0 Å². The van der Waals surface area contributed by atoms with Gasteiger partial charge in [-0.25, -0.2) is 0 Å². The van der Waals surface area contributed by atoms with Crippen LogP contribution in [0.1, 0.15) is 19.8 Å². The molecule has 0 bridgehead atoms. The lowest BCUT2D eigenvalue weighted by atomic mass is 10.1. The number of Topliss-reactive ketones (excluding diaryl/α,β-unsaturated/α-hetero) is 1. The van der Waals surface area contributed by atoms with E-state index >= 15 is 0 Å². The summed E-state index contributed by atoms with van der Waals surface area (Å²) in [5.74, 6) is 0.821. The topological polar surface area (TPSA) is 26.3 Å². The van der Waals surface area contributed by atoms with Crippen LogP contribution in [-0.4, -0.2) is 12.9 Å². The van der Waals surface area contributed by atoms with Gasteiger partial charge in [-0.1, -0.05) is 12.7 Å². The average molecular weight is 178 g/mol. The molecule has 1 saturated carbocycles. The lowest BCUT2D eigenvalue weighted by Gasteiger charge is -2.00. The third-order valence-electron chi connectivity index (χ3n) is 2.15. The van der Waals surface area contributed by atoms with Gasteiger partial charge in [0.1, 0.15) is 5.76 Å². The second kappa shape index (κ2) is 4.08. The average Bonchev–Trinajstić information content (AvgIpc) is 2.46. The maximum atomic E-state index is 11.3. The fourth-order valence-electron chi connectivity index (χ4n) is 1.45. The minimum Gasteiger partial charge on any atom is -0.497 e. The molecular weight excluding hydrogens is 164 g/mol. The Balaban J connectivity index is 2.89. The number of carbonyl (C=O) groups is 1. The van der Waals surface area contributed by atoms with E-state index in [1.165, 1.54) is 0 Å². The van der Waals surface area contributed by atoms with Crippen molar-refractivity contribution in [2.45, 2.75) is 19.8 Å². The Labute approximate surface area is 78.6 Å². The van der Waals surface area contributed by atoms with Crippen LogP contribution in [0.2, 0.25) is 0 Å². The molecule has 1 aliphatic rings. The Hall–Kier alpha value is -1.31. The lowest BCUT2D eigenvalue weighted by Crippen LogP contribution is -1.92. The quantitative estimate of drug-likeness (QED) is 0.479. The summed E-state index contributed by atoms with van der Waals surface area (Å²) in [5.41, 5.74) is 1.86. The number of carbonyl (C=O) groups excluding carboxylic acids is 1. The highest BCUT2D eigenvalue weighted by Gasteiger charge is 2.21. The Morgan fingerprint density at radius 1 is 1.54 bits per heavy atom. The molecule has 2 heteroatoms. The van der Waals surface area contributed by atoms with Crippen molar-refractivity contribution in [1.82, 2.24) is 0 Å². The van der Waals surface area contributed by atoms with E-state index in [0.717, 1.165) is 17.6 Å². The molecule has 0 radical (unpaired) electrons. The van der Waals surface area contributed by atoms with Crippen LogP contribution in [0.5, 0.6) is 0 Å². The molecule has 0 aromatic rings. The van der Waals surface area contributed by atoms with E-state index in [4.69, 9.17) is 4.74 Å². The zero-order valence-corrected chi connectivity index (χ0v) is 8.09. The maximum Gasteiger partial charge on any atom is 0.163 e. The monoisotopic (exact) mass is 178 g/mol. The summed E-state index contributed by atoms with van der Waals surface area (Å²) in [6.45, 7) is 5.57. The highest BCUT2D eigenvalue weighted by molar-refractivity contribution is 6.02. The molecule has 1 fully saturated rings. The molecule has 0 saturated heterocycles. The Kier molecular flexibility index (Phi) is 3.07. The molecule has 13 heavy (non-hydrogen) atoms. The molecule has 0 N–H and O–H groups in total. The van der Waals surface area contributed by atoms with Gasteiger partial charge >= 0.3 is 0 Å². The van der Waals surface area contributed by atoms with Gasteiger partial charge in [0.2, 0.25) is 0 Å². The first-order valence-corrected chi connectivity index (χ1v) is 4.32. The predicted octanol–water partition coefficient (Wildman–Crippen LogP) is 2.38. The van der Waals surface area contributed by atoms with E-state index in [9.17, 15) is 4.79 Å². The molecule has 1 aliphatic carbocycles. The number of ketones is 1. The molecule has 1 rings (SSSR count). The number of rotatable bonds is 2. The number of hydrogen-bond donors (Lipinski definition) is 0. The summed E-state index contributed by atoms with van der Waals surface area (Å²) in [4.78, 5) is 11.3. The molecular formula is C11H14O2. The van der Waals surface area contributed by atoms with Crippen molar-refractivity contribution in [2.75, 3.05) is 7.11 Å². The summed E-state index contributed by atoms with van der Waals surface area (Å²) in [6, 6.07) is 0. The van der Waals surface area contributed by atoms with E-state index in [1.807, 2.05) is 19.1 Å². The van der Waals surface area contributed by atoms with Crippen LogP contribution in [0.3, 0.4) is 0 Å². The zero-order valence-electron chi connectivity index (χ0n) is 8.09. The third-order valence-corrected chi connectivity index (χ3v) is 2.15. The molecule has 0 aromatic carbocycles. The van der Waals surface area contributed by atoms with Crippen molar-refractivity contribution >= 4 is 5.78 Å². The van der Waals surface area contributed by atoms with Crippen molar-refractivity contribution in [3.63, 3.8) is 0 Å². The number of ether oxygens (including phenoxy) is 1. The third kappa shape index (κ3) is 2.08. The highest BCUT2D eigenvalue weighted by Crippen LogP contribution is 2.27. The number of hydrogen-bond acceptors (Lipinski definition) is 2. The first-order chi connectivity index (χ1) is 6.19. The van der Waals surface area contributed by atoms with Crippen LogP contribution in [-0.2, 0) is 9.53 Å². The molecule has 70 valence electrons. The van der Waals surface area contributed by atoms with Crippen LogP contribution in [0, 0.1) is 0 Å². The SMILES string of the molecule is C=C(/C=C1/CCC(=O)/C1=C/C)OC. The summed E-state index contributed by atoms with van der Waals surface area (Å²) in [5, 5.41) is 0. The molecule has 0 unspecified atom stereocenters. The van der Waals surface area contributed by atoms with Crippen LogP contribution in [0.25, 0.3) is 0 Å². The van der Waals surface area contributed by atoms with Crippen molar-refractivity contribution in [3.05, 3.63) is 35.6 Å². The molecule has 0 atom stereocenters. The van der Waals surface area contributed by atoms with Gasteiger partial charge < -0.3 is 4.74 Å². The predicted molar refractivity (Wildman–Crippen MR) is 52.2 cm³/mol. The van der Waals surface area contributed by atoms with Crippen molar-refractivity contribution in [2.24, 2.45) is 0 Å². The van der Waals surface area contributed by atoms with Gasteiger partial charge in [-0.15, -0.1) is 0 Å². The lowest BCUT2D eigenvalue weighted by molar-refractivity contribution is -0.114. The summed E-state index contributed by atoms with van der Waals surface area (Å²) < 4.78 is 4.93. The van der Waals surface area contributed by atoms with Gasteiger partial charge in [-0.3, -0.25) is 4.79 Å². The van der Waals surface area contributed by atoms with E-state index < -0.39 is 0 Å². The van der Waals surface area contributed by atoms with Gasteiger partial charge in [-0.2, -0.15) is 0 Å².